The van der Waals surface area contributed by atoms with Gasteiger partial charge < -0.3 is 18.9 Å². The van der Waals surface area contributed by atoms with Crippen molar-refractivity contribution in [3.8, 4) is 5.75 Å². The lowest BCUT2D eigenvalue weighted by Gasteiger charge is -2.11. The van der Waals surface area contributed by atoms with Crippen molar-refractivity contribution in [2.24, 2.45) is 0 Å². The standard InChI is InChI=1S/C22H25ClO5/c1-25-12-16-9-18(14-27-3)22(23)19(10-16)20(24)8-6-15-5-7-17(13-26-2)21(11-15)28-4/h5-11H,12-14H2,1-4H3/b8-6+. The molecule has 0 bridgehead atoms. The first kappa shape index (κ1) is 22.1. The molecule has 0 aliphatic rings. The van der Waals surface area contributed by atoms with E-state index < -0.39 is 0 Å². The SMILES string of the molecule is COCc1cc(COC)c(Cl)c(C(=O)/C=C/c2ccc(COC)c(OC)c2)c1. The second-order valence-corrected chi connectivity index (χ2v) is 6.56. The lowest BCUT2D eigenvalue weighted by atomic mass is 10.0. The lowest BCUT2D eigenvalue weighted by molar-refractivity contribution is 0.104. The molecule has 0 atom stereocenters. The summed E-state index contributed by atoms with van der Waals surface area (Å²) in [7, 11) is 6.42. The van der Waals surface area contributed by atoms with Crippen LogP contribution < -0.4 is 4.74 Å². The molecule has 0 saturated carbocycles. The molecule has 0 saturated heterocycles. The fourth-order valence-electron chi connectivity index (χ4n) is 2.84. The molecule has 0 heterocycles. The summed E-state index contributed by atoms with van der Waals surface area (Å²) in [6.45, 7) is 1.16. The Morgan fingerprint density at radius 2 is 1.61 bits per heavy atom. The lowest BCUT2D eigenvalue weighted by Crippen LogP contribution is -2.03. The van der Waals surface area contributed by atoms with Crippen LogP contribution in [0, 0.1) is 0 Å². The maximum atomic E-state index is 12.8. The van der Waals surface area contributed by atoms with Gasteiger partial charge in [-0.2, -0.15) is 0 Å². The first-order valence-corrected chi connectivity index (χ1v) is 9.09. The van der Waals surface area contributed by atoms with Crippen LogP contribution in [0.2, 0.25) is 5.02 Å². The number of ketones is 1. The molecule has 0 spiro atoms. The molecule has 28 heavy (non-hydrogen) atoms. The van der Waals surface area contributed by atoms with E-state index in [1.165, 1.54) is 6.08 Å². The second-order valence-electron chi connectivity index (χ2n) is 6.18. The fourth-order valence-corrected chi connectivity index (χ4v) is 3.10. The van der Waals surface area contributed by atoms with E-state index >= 15 is 0 Å². The Morgan fingerprint density at radius 3 is 2.25 bits per heavy atom. The molecular formula is C22H25ClO5. The van der Waals surface area contributed by atoms with E-state index in [9.17, 15) is 4.79 Å². The van der Waals surface area contributed by atoms with Crippen LogP contribution in [-0.4, -0.2) is 34.2 Å². The first-order chi connectivity index (χ1) is 13.5. The van der Waals surface area contributed by atoms with Gasteiger partial charge >= 0.3 is 0 Å². The van der Waals surface area contributed by atoms with Crippen molar-refractivity contribution in [3.63, 3.8) is 0 Å². The predicted molar refractivity (Wildman–Crippen MR) is 110 cm³/mol. The van der Waals surface area contributed by atoms with Crippen LogP contribution in [0.1, 0.15) is 32.6 Å². The average Bonchev–Trinajstić information content (AvgIpc) is 2.69. The number of hydrogen-bond donors (Lipinski definition) is 0. The molecule has 0 aliphatic heterocycles. The quantitative estimate of drug-likeness (QED) is 0.425. The number of carbonyl (C=O) groups is 1. The van der Waals surface area contributed by atoms with E-state index in [2.05, 4.69) is 0 Å². The molecule has 150 valence electrons. The van der Waals surface area contributed by atoms with Gasteiger partial charge in [0.1, 0.15) is 5.75 Å². The summed E-state index contributed by atoms with van der Waals surface area (Å²) in [4.78, 5) is 12.8. The number of ether oxygens (including phenoxy) is 4. The smallest absolute Gasteiger partial charge is 0.187 e. The van der Waals surface area contributed by atoms with Crippen molar-refractivity contribution in [2.75, 3.05) is 28.4 Å². The molecule has 0 radical (unpaired) electrons. The van der Waals surface area contributed by atoms with Crippen molar-refractivity contribution in [1.82, 2.24) is 0 Å². The molecular weight excluding hydrogens is 380 g/mol. The van der Waals surface area contributed by atoms with Crippen LogP contribution in [0.25, 0.3) is 6.08 Å². The molecule has 0 aliphatic carbocycles. The number of methoxy groups -OCH3 is 4. The van der Waals surface area contributed by atoms with Gasteiger partial charge in [0, 0.05) is 32.5 Å². The Kier molecular flexibility index (Phi) is 8.67. The van der Waals surface area contributed by atoms with Crippen LogP contribution >= 0.6 is 11.6 Å². The van der Waals surface area contributed by atoms with Gasteiger partial charge in [-0.15, -0.1) is 0 Å². The highest BCUT2D eigenvalue weighted by Crippen LogP contribution is 2.26. The zero-order valence-corrected chi connectivity index (χ0v) is 17.3. The monoisotopic (exact) mass is 404 g/mol. The Morgan fingerprint density at radius 1 is 0.929 bits per heavy atom. The van der Waals surface area contributed by atoms with Crippen molar-refractivity contribution in [3.05, 3.63) is 69.2 Å². The predicted octanol–water partition coefficient (Wildman–Crippen LogP) is 4.68. The molecule has 2 aromatic rings. The molecule has 5 nitrogen and oxygen atoms in total. The second kappa shape index (κ2) is 11.0. The minimum Gasteiger partial charge on any atom is -0.496 e. The molecule has 2 rings (SSSR count). The first-order valence-electron chi connectivity index (χ1n) is 8.71. The van der Waals surface area contributed by atoms with Gasteiger partial charge in [0.25, 0.3) is 0 Å². The summed E-state index contributed by atoms with van der Waals surface area (Å²) in [5.41, 5.74) is 3.81. The maximum Gasteiger partial charge on any atom is 0.187 e. The van der Waals surface area contributed by atoms with Crippen LogP contribution in [0.15, 0.2) is 36.4 Å². The minimum atomic E-state index is -0.194. The normalized spacial score (nSPS) is 11.2. The van der Waals surface area contributed by atoms with E-state index in [1.807, 2.05) is 24.3 Å². The highest BCUT2D eigenvalue weighted by atomic mass is 35.5. The van der Waals surface area contributed by atoms with Crippen LogP contribution in [-0.2, 0) is 34.0 Å². The van der Waals surface area contributed by atoms with Crippen LogP contribution in [0.3, 0.4) is 0 Å². The zero-order valence-electron chi connectivity index (χ0n) is 16.6. The number of allylic oxidation sites excluding steroid dienone is 1. The molecule has 0 fully saturated rings. The van der Waals surface area contributed by atoms with E-state index in [0.717, 1.165) is 22.3 Å². The molecule has 0 unspecified atom stereocenters. The third-order valence-electron chi connectivity index (χ3n) is 4.12. The van der Waals surface area contributed by atoms with Crippen molar-refractivity contribution in [1.29, 1.82) is 0 Å². The summed E-state index contributed by atoms with van der Waals surface area (Å²) in [6.07, 6.45) is 3.23. The van der Waals surface area contributed by atoms with Gasteiger partial charge in [-0.3, -0.25) is 4.79 Å². The van der Waals surface area contributed by atoms with Crippen molar-refractivity contribution in [2.45, 2.75) is 19.8 Å². The highest BCUT2D eigenvalue weighted by Gasteiger charge is 2.14. The number of hydrogen-bond acceptors (Lipinski definition) is 5. The summed E-state index contributed by atoms with van der Waals surface area (Å²) in [5.74, 6) is 0.513. The summed E-state index contributed by atoms with van der Waals surface area (Å²) in [5, 5.41) is 0.393. The van der Waals surface area contributed by atoms with Crippen LogP contribution in [0.4, 0.5) is 0 Å². The topological polar surface area (TPSA) is 54.0 Å². The molecule has 0 amide bonds. The number of carbonyl (C=O) groups excluding carboxylic acids is 1. The Hall–Kier alpha value is -2.18. The van der Waals surface area contributed by atoms with E-state index in [4.69, 9.17) is 30.5 Å². The zero-order chi connectivity index (χ0) is 20.5. The Bertz CT molecular complexity index is 845. The van der Waals surface area contributed by atoms with Gasteiger partial charge in [0.15, 0.2) is 5.78 Å². The maximum absolute atomic E-state index is 12.8. The molecule has 2 aromatic carbocycles. The molecule has 0 aromatic heterocycles. The molecule has 6 heteroatoms. The fraction of sp³-hybridized carbons (Fsp3) is 0.318. The summed E-state index contributed by atoms with van der Waals surface area (Å²) >= 11 is 6.43. The number of rotatable bonds is 10. The Labute approximate surface area is 170 Å². The van der Waals surface area contributed by atoms with Gasteiger partial charge in [-0.25, -0.2) is 0 Å². The third kappa shape index (κ3) is 5.66. The summed E-state index contributed by atoms with van der Waals surface area (Å²) in [6, 6.07) is 9.31. The summed E-state index contributed by atoms with van der Waals surface area (Å²) < 4.78 is 20.9. The van der Waals surface area contributed by atoms with Crippen LogP contribution in [0.5, 0.6) is 5.75 Å². The van der Waals surface area contributed by atoms with Gasteiger partial charge in [0.05, 0.1) is 32.0 Å². The van der Waals surface area contributed by atoms with Gasteiger partial charge in [-0.1, -0.05) is 29.8 Å². The van der Waals surface area contributed by atoms with Crippen molar-refractivity contribution >= 4 is 23.5 Å². The highest BCUT2D eigenvalue weighted by molar-refractivity contribution is 6.35. The van der Waals surface area contributed by atoms with Gasteiger partial charge in [-0.05, 0) is 41.0 Å². The molecule has 0 N–H and O–H groups in total. The Balaban J connectivity index is 2.31. The van der Waals surface area contributed by atoms with Crippen molar-refractivity contribution < 1.29 is 23.7 Å². The van der Waals surface area contributed by atoms with E-state index in [-0.39, 0.29) is 5.78 Å². The van der Waals surface area contributed by atoms with E-state index in [0.29, 0.717) is 36.2 Å². The minimum absolute atomic E-state index is 0.194. The number of halogens is 1. The average molecular weight is 405 g/mol. The largest absolute Gasteiger partial charge is 0.496 e. The third-order valence-corrected chi connectivity index (χ3v) is 4.57. The van der Waals surface area contributed by atoms with Gasteiger partial charge in [0.2, 0.25) is 0 Å². The number of benzene rings is 2. The van der Waals surface area contributed by atoms with E-state index in [1.54, 1.807) is 40.6 Å².